The molecular weight excluding hydrogens is 258 g/mol. The molecule has 1 aromatic heterocycles. The van der Waals surface area contributed by atoms with Crippen molar-refractivity contribution in [1.29, 1.82) is 0 Å². The van der Waals surface area contributed by atoms with Gasteiger partial charge >= 0.3 is 0 Å². The van der Waals surface area contributed by atoms with Crippen LogP contribution < -0.4 is 5.32 Å². The molecule has 1 N–H and O–H groups in total. The molecular formula is C14H25N3O3. The van der Waals surface area contributed by atoms with Gasteiger partial charge in [-0.15, -0.1) is 0 Å². The van der Waals surface area contributed by atoms with E-state index in [1.165, 1.54) is 0 Å². The molecule has 0 saturated carbocycles. The zero-order valence-corrected chi connectivity index (χ0v) is 12.8. The summed E-state index contributed by atoms with van der Waals surface area (Å²) in [5.74, 6) is 1.36. The van der Waals surface area contributed by atoms with Crippen LogP contribution in [0.25, 0.3) is 0 Å². The lowest BCUT2D eigenvalue weighted by Crippen LogP contribution is -2.35. The van der Waals surface area contributed by atoms with Crippen molar-refractivity contribution in [3.05, 3.63) is 11.7 Å². The van der Waals surface area contributed by atoms with E-state index in [2.05, 4.69) is 22.4 Å². The van der Waals surface area contributed by atoms with Gasteiger partial charge < -0.3 is 19.3 Å². The third-order valence-electron chi connectivity index (χ3n) is 3.54. The fraction of sp³-hybridized carbons (Fsp3) is 0.857. The van der Waals surface area contributed by atoms with E-state index in [0.717, 1.165) is 13.0 Å². The Hall–Kier alpha value is -0.980. The summed E-state index contributed by atoms with van der Waals surface area (Å²) in [6.07, 6.45) is 1.09. The Morgan fingerprint density at radius 2 is 2.15 bits per heavy atom. The fourth-order valence-electron chi connectivity index (χ4n) is 2.38. The molecule has 0 radical (unpaired) electrons. The lowest BCUT2D eigenvalue weighted by atomic mass is 10.0. The van der Waals surface area contributed by atoms with Gasteiger partial charge in [-0.2, -0.15) is 4.98 Å². The molecule has 0 aromatic carbocycles. The van der Waals surface area contributed by atoms with Crippen molar-refractivity contribution in [2.75, 3.05) is 26.4 Å². The summed E-state index contributed by atoms with van der Waals surface area (Å²) in [4.78, 5) is 4.52. The minimum absolute atomic E-state index is 0.125. The fourth-order valence-corrected chi connectivity index (χ4v) is 2.38. The van der Waals surface area contributed by atoms with E-state index in [-0.39, 0.29) is 12.0 Å². The molecule has 1 fully saturated rings. The normalized spacial score (nSPS) is 23.4. The maximum Gasteiger partial charge on any atom is 0.233 e. The van der Waals surface area contributed by atoms with Crippen LogP contribution in [0, 0.1) is 0 Å². The van der Waals surface area contributed by atoms with Gasteiger partial charge in [0.15, 0.2) is 0 Å². The standard InChI is InChI=1S/C14H25N3O3/c1-5-7-15-11-9-18-8-10(11)12-16-13(17-20-12)14(3,4)19-6-2/h10-11,15H,5-9H2,1-4H3. The molecule has 1 aromatic rings. The Balaban J connectivity index is 2.07. The van der Waals surface area contributed by atoms with Gasteiger partial charge in [0, 0.05) is 12.6 Å². The third-order valence-corrected chi connectivity index (χ3v) is 3.54. The predicted octanol–water partition coefficient (Wildman–Crippen LogP) is 1.82. The predicted molar refractivity (Wildman–Crippen MR) is 74.6 cm³/mol. The SMILES string of the molecule is CCCNC1COCC1c1nc(C(C)(C)OCC)no1. The van der Waals surface area contributed by atoms with Crippen LogP contribution >= 0.6 is 0 Å². The Labute approximate surface area is 120 Å². The molecule has 1 aliphatic rings. The van der Waals surface area contributed by atoms with Crippen LogP contribution in [0.15, 0.2) is 4.52 Å². The topological polar surface area (TPSA) is 69.4 Å². The third kappa shape index (κ3) is 3.37. The van der Waals surface area contributed by atoms with E-state index >= 15 is 0 Å². The Kier molecular flexibility index (Phi) is 5.12. The lowest BCUT2D eigenvalue weighted by Gasteiger charge is -2.20. The van der Waals surface area contributed by atoms with E-state index < -0.39 is 5.60 Å². The van der Waals surface area contributed by atoms with E-state index in [0.29, 0.717) is 31.5 Å². The lowest BCUT2D eigenvalue weighted by molar-refractivity contribution is -0.0221. The van der Waals surface area contributed by atoms with Crippen molar-refractivity contribution in [2.45, 2.75) is 51.7 Å². The first-order valence-corrected chi connectivity index (χ1v) is 7.37. The summed E-state index contributed by atoms with van der Waals surface area (Å²) in [5, 5.41) is 7.54. The van der Waals surface area contributed by atoms with Gasteiger partial charge in [0.1, 0.15) is 5.60 Å². The van der Waals surface area contributed by atoms with Crippen LogP contribution in [0.4, 0.5) is 0 Å². The molecule has 2 unspecified atom stereocenters. The van der Waals surface area contributed by atoms with Gasteiger partial charge in [-0.3, -0.25) is 0 Å². The zero-order chi connectivity index (χ0) is 14.6. The first-order chi connectivity index (χ1) is 9.58. The van der Waals surface area contributed by atoms with Gasteiger partial charge in [0.25, 0.3) is 0 Å². The van der Waals surface area contributed by atoms with Crippen molar-refractivity contribution in [3.8, 4) is 0 Å². The van der Waals surface area contributed by atoms with Crippen molar-refractivity contribution in [3.63, 3.8) is 0 Å². The number of aromatic nitrogens is 2. The summed E-state index contributed by atoms with van der Waals surface area (Å²) in [5.41, 5.74) is -0.525. The molecule has 0 bridgehead atoms. The number of nitrogens with one attached hydrogen (secondary N) is 1. The van der Waals surface area contributed by atoms with Crippen LogP contribution in [-0.2, 0) is 15.1 Å². The summed E-state index contributed by atoms with van der Waals surface area (Å²) >= 11 is 0. The average Bonchev–Trinajstić information content (AvgIpc) is 3.05. The highest BCUT2D eigenvalue weighted by Crippen LogP contribution is 2.28. The van der Waals surface area contributed by atoms with Gasteiger partial charge in [0.05, 0.1) is 19.1 Å². The zero-order valence-electron chi connectivity index (χ0n) is 12.8. The molecule has 0 aliphatic carbocycles. The van der Waals surface area contributed by atoms with Crippen molar-refractivity contribution in [1.82, 2.24) is 15.5 Å². The van der Waals surface area contributed by atoms with Gasteiger partial charge in [-0.25, -0.2) is 0 Å². The summed E-state index contributed by atoms with van der Waals surface area (Å²) < 4.78 is 16.6. The number of nitrogens with zero attached hydrogens (tertiary/aromatic N) is 2. The molecule has 6 heteroatoms. The molecule has 6 nitrogen and oxygen atoms in total. The maximum atomic E-state index is 5.65. The molecule has 2 atom stereocenters. The van der Waals surface area contributed by atoms with Gasteiger partial charge in [0.2, 0.25) is 11.7 Å². The highest BCUT2D eigenvalue weighted by molar-refractivity contribution is 5.05. The van der Waals surface area contributed by atoms with Crippen LogP contribution in [0.5, 0.6) is 0 Å². The average molecular weight is 283 g/mol. The smallest absolute Gasteiger partial charge is 0.233 e. The molecule has 0 amide bonds. The van der Waals surface area contributed by atoms with Gasteiger partial charge in [-0.1, -0.05) is 12.1 Å². The molecule has 114 valence electrons. The Morgan fingerprint density at radius 3 is 2.85 bits per heavy atom. The minimum atomic E-state index is -0.525. The second kappa shape index (κ2) is 6.65. The number of hydrogen-bond donors (Lipinski definition) is 1. The first kappa shape index (κ1) is 15.4. The number of ether oxygens (including phenoxy) is 2. The van der Waals surface area contributed by atoms with E-state index in [9.17, 15) is 0 Å². The molecule has 2 heterocycles. The van der Waals surface area contributed by atoms with Gasteiger partial charge in [-0.05, 0) is 33.7 Å². The van der Waals surface area contributed by atoms with Crippen molar-refractivity contribution in [2.24, 2.45) is 0 Å². The highest BCUT2D eigenvalue weighted by atomic mass is 16.5. The second-order valence-corrected chi connectivity index (χ2v) is 5.60. The monoisotopic (exact) mass is 283 g/mol. The van der Waals surface area contributed by atoms with Crippen LogP contribution in [0.1, 0.15) is 51.7 Å². The van der Waals surface area contributed by atoms with E-state index in [4.69, 9.17) is 14.0 Å². The molecule has 20 heavy (non-hydrogen) atoms. The van der Waals surface area contributed by atoms with E-state index in [1.807, 2.05) is 20.8 Å². The number of rotatable bonds is 7. The van der Waals surface area contributed by atoms with Crippen molar-refractivity contribution < 1.29 is 14.0 Å². The molecule has 2 rings (SSSR count). The quantitative estimate of drug-likeness (QED) is 0.823. The summed E-state index contributed by atoms with van der Waals surface area (Å²) in [7, 11) is 0. The highest BCUT2D eigenvalue weighted by Gasteiger charge is 2.35. The van der Waals surface area contributed by atoms with E-state index in [1.54, 1.807) is 0 Å². The molecule has 0 spiro atoms. The summed E-state index contributed by atoms with van der Waals surface area (Å²) in [6.45, 7) is 10.9. The summed E-state index contributed by atoms with van der Waals surface area (Å²) in [6, 6.07) is 0.249. The minimum Gasteiger partial charge on any atom is -0.379 e. The second-order valence-electron chi connectivity index (χ2n) is 5.60. The largest absolute Gasteiger partial charge is 0.379 e. The molecule has 1 saturated heterocycles. The van der Waals surface area contributed by atoms with Crippen molar-refractivity contribution >= 4 is 0 Å². The van der Waals surface area contributed by atoms with Crippen LogP contribution in [0.2, 0.25) is 0 Å². The van der Waals surface area contributed by atoms with Crippen LogP contribution in [0.3, 0.4) is 0 Å². The molecule has 1 aliphatic heterocycles. The van der Waals surface area contributed by atoms with Crippen LogP contribution in [-0.4, -0.2) is 42.5 Å². The number of hydrogen-bond acceptors (Lipinski definition) is 6. The first-order valence-electron chi connectivity index (χ1n) is 7.37. The Bertz CT molecular complexity index is 420. The Morgan fingerprint density at radius 1 is 1.35 bits per heavy atom. The maximum absolute atomic E-state index is 5.65.